The van der Waals surface area contributed by atoms with E-state index in [0.717, 1.165) is 28.7 Å². The number of esters is 1. The Morgan fingerprint density at radius 3 is 1.72 bits per heavy atom. The Labute approximate surface area is 276 Å². The van der Waals surface area contributed by atoms with Crippen LogP contribution in [0.2, 0.25) is 0 Å². The van der Waals surface area contributed by atoms with Gasteiger partial charge >= 0.3 is 18.2 Å². The van der Waals surface area contributed by atoms with Gasteiger partial charge in [-0.3, -0.25) is 20.3 Å². The third kappa shape index (κ3) is 14.7. The van der Waals surface area contributed by atoms with Gasteiger partial charge in [-0.05, 0) is 73.1 Å². The van der Waals surface area contributed by atoms with E-state index in [-0.39, 0.29) is 51.3 Å². The molecule has 3 aromatic rings. The van der Waals surface area contributed by atoms with Crippen LogP contribution in [0.15, 0.2) is 72.8 Å². The quantitative estimate of drug-likeness (QED) is 0.102. The summed E-state index contributed by atoms with van der Waals surface area (Å²) in [4.78, 5) is 38.4. The van der Waals surface area contributed by atoms with Crippen LogP contribution in [-0.4, -0.2) is 85.9 Å². The highest BCUT2D eigenvalue weighted by Gasteiger charge is 2.13. The molecule has 0 aliphatic rings. The van der Waals surface area contributed by atoms with Gasteiger partial charge in [0.1, 0.15) is 6.61 Å². The van der Waals surface area contributed by atoms with Crippen molar-refractivity contribution in [2.75, 3.05) is 63.3 Å². The minimum Gasteiger partial charge on any atom is -0.465 e. The number of aliphatic hydroxyl groups excluding tert-OH is 2. The van der Waals surface area contributed by atoms with Crippen LogP contribution in [0, 0.1) is 12.8 Å². The molecule has 11 heteroatoms. The number of nitrogens with one attached hydrogen (secondary N) is 2. The third-order valence-electron chi connectivity index (χ3n) is 7.57. The maximum atomic E-state index is 12.3. The average molecular weight is 650 g/mol. The van der Waals surface area contributed by atoms with Crippen LogP contribution >= 0.6 is 0 Å². The van der Waals surface area contributed by atoms with Crippen molar-refractivity contribution >= 4 is 29.5 Å². The van der Waals surface area contributed by atoms with Crippen LogP contribution in [0.1, 0.15) is 42.0 Å². The van der Waals surface area contributed by atoms with E-state index in [1.54, 1.807) is 17.0 Å². The zero-order chi connectivity index (χ0) is 33.9. The number of hydrogen-bond donors (Lipinski definition) is 4. The first kappa shape index (κ1) is 37.0. The molecule has 0 saturated carbocycles. The molecule has 4 N–H and O–H groups in total. The van der Waals surface area contributed by atoms with E-state index in [9.17, 15) is 14.4 Å². The molecule has 3 aromatic carbocycles. The monoisotopic (exact) mass is 649 g/mol. The summed E-state index contributed by atoms with van der Waals surface area (Å²) in [6.07, 6.45) is 1.17. The predicted molar refractivity (Wildman–Crippen MR) is 180 cm³/mol. The van der Waals surface area contributed by atoms with Gasteiger partial charge in [-0.25, -0.2) is 9.59 Å². The number of rotatable bonds is 19. The van der Waals surface area contributed by atoms with Crippen LogP contribution in [-0.2, 0) is 31.8 Å². The molecule has 0 aliphatic carbocycles. The molecule has 2 amide bonds. The summed E-state index contributed by atoms with van der Waals surface area (Å²) in [7, 11) is 0. The normalized spacial score (nSPS) is 11.5. The van der Waals surface area contributed by atoms with Crippen LogP contribution in [0.25, 0.3) is 0 Å². The fourth-order valence-corrected chi connectivity index (χ4v) is 4.70. The fourth-order valence-electron chi connectivity index (χ4n) is 4.70. The third-order valence-corrected chi connectivity index (χ3v) is 7.57. The number of hydrogen-bond acceptors (Lipinski definition) is 9. The Hall–Kier alpha value is -4.45. The van der Waals surface area contributed by atoms with Crippen LogP contribution in [0.5, 0.6) is 0 Å². The summed E-state index contributed by atoms with van der Waals surface area (Å²) < 4.78 is 16.0. The molecule has 0 spiro atoms. The van der Waals surface area contributed by atoms with E-state index in [4.69, 9.17) is 24.4 Å². The SMILES string of the molecule is CCC(CCOC(=O)Nc1ccc(Cc2ccc(NC(=O)OCCN(CCO)CCO)cc2)cc1)COC(=O)Cc1ccc(C)cc1. The lowest BCUT2D eigenvalue weighted by Gasteiger charge is -2.19. The number of aryl methyl sites for hydroxylation is 1. The van der Waals surface area contributed by atoms with E-state index < -0.39 is 12.2 Å². The van der Waals surface area contributed by atoms with Crippen LogP contribution in [0.3, 0.4) is 0 Å². The maximum Gasteiger partial charge on any atom is 0.411 e. The van der Waals surface area contributed by atoms with Crippen molar-refractivity contribution in [3.63, 3.8) is 0 Å². The second-order valence-corrected chi connectivity index (χ2v) is 11.3. The van der Waals surface area contributed by atoms with Crippen LogP contribution < -0.4 is 10.6 Å². The summed E-state index contributed by atoms with van der Waals surface area (Å²) in [5.74, 6) is -0.170. The first-order valence-corrected chi connectivity index (χ1v) is 16.0. The van der Waals surface area contributed by atoms with Crippen LogP contribution in [0.4, 0.5) is 21.0 Å². The van der Waals surface area contributed by atoms with E-state index in [1.165, 1.54) is 0 Å². The van der Waals surface area contributed by atoms with Gasteiger partial charge in [-0.15, -0.1) is 0 Å². The van der Waals surface area contributed by atoms with Gasteiger partial charge in [-0.2, -0.15) is 0 Å². The number of carbonyl (C=O) groups is 3. The first-order valence-electron chi connectivity index (χ1n) is 16.0. The Kier molecular flexibility index (Phi) is 16.2. The molecule has 47 heavy (non-hydrogen) atoms. The number of ether oxygens (including phenoxy) is 3. The molecule has 0 aromatic heterocycles. The lowest BCUT2D eigenvalue weighted by atomic mass is 10.0. The van der Waals surface area contributed by atoms with Gasteiger partial charge in [0.05, 0.1) is 32.8 Å². The Bertz CT molecular complexity index is 1360. The number of anilines is 2. The number of nitrogens with zero attached hydrogens (tertiary/aromatic N) is 1. The molecule has 0 saturated heterocycles. The highest BCUT2D eigenvalue weighted by Crippen LogP contribution is 2.17. The molecule has 0 heterocycles. The van der Waals surface area contributed by atoms with Crippen molar-refractivity contribution in [3.05, 3.63) is 95.1 Å². The van der Waals surface area contributed by atoms with Crippen molar-refractivity contribution in [2.24, 2.45) is 5.92 Å². The smallest absolute Gasteiger partial charge is 0.411 e. The minimum absolute atomic E-state index is 0.0343. The van der Waals surface area contributed by atoms with Gasteiger partial charge in [-0.1, -0.05) is 61.0 Å². The summed E-state index contributed by atoms with van der Waals surface area (Å²) in [6, 6.07) is 22.7. The second kappa shape index (κ2) is 20.6. The molecule has 0 aliphatic heterocycles. The summed E-state index contributed by atoms with van der Waals surface area (Å²) >= 11 is 0. The topological polar surface area (TPSA) is 147 Å². The van der Waals surface area contributed by atoms with Gasteiger partial charge in [0.15, 0.2) is 0 Å². The van der Waals surface area contributed by atoms with Gasteiger partial charge < -0.3 is 24.4 Å². The first-order chi connectivity index (χ1) is 22.8. The van der Waals surface area contributed by atoms with Gasteiger partial charge in [0.25, 0.3) is 0 Å². The van der Waals surface area contributed by atoms with Crippen molar-refractivity contribution < 1.29 is 38.8 Å². The highest BCUT2D eigenvalue weighted by atomic mass is 16.6. The molecule has 3 rings (SSSR count). The maximum absolute atomic E-state index is 12.3. The Morgan fingerprint density at radius 2 is 1.21 bits per heavy atom. The van der Waals surface area contributed by atoms with Crippen molar-refractivity contribution in [3.8, 4) is 0 Å². The Morgan fingerprint density at radius 1 is 0.702 bits per heavy atom. The summed E-state index contributed by atoms with van der Waals surface area (Å²) in [5, 5.41) is 23.5. The number of aliphatic hydroxyl groups is 2. The minimum atomic E-state index is -0.576. The molecule has 0 fully saturated rings. The van der Waals surface area contributed by atoms with Crippen molar-refractivity contribution in [1.29, 1.82) is 0 Å². The molecular weight excluding hydrogens is 602 g/mol. The number of benzene rings is 3. The number of carbonyl (C=O) groups excluding carboxylic acids is 3. The largest absolute Gasteiger partial charge is 0.465 e. The molecule has 1 unspecified atom stereocenters. The van der Waals surface area contributed by atoms with E-state index in [1.807, 2.05) is 74.5 Å². The predicted octanol–water partition coefficient (Wildman–Crippen LogP) is 5.17. The fraction of sp³-hybridized carbons (Fsp3) is 0.417. The lowest BCUT2D eigenvalue weighted by Crippen LogP contribution is -2.33. The zero-order valence-electron chi connectivity index (χ0n) is 27.3. The van der Waals surface area contributed by atoms with Crippen molar-refractivity contribution in [2.45, 2.75) is 39.5 Å². The average Bonchev–Trinajstić information content (AvgIpc) is 3.06. The molecule has 1 atom stereocenters. The molecule has 0 bridgehead atoms. The van der Waals surface area contributed by atoms with Gasteiger partial charge in [0, 0.05) is 31.0 Å². The Balaban J connectivity index is 1.33. The standard InChI is InChI=1S/C36H47N3O8/c1-3-28(26-47-34(42)25-31-6-4-27(2)5-7-31)16-22-45-35(43)37-32-12-8-29(9-13-32)24-30-10-14-33(15-11-30)38-36(44)46-23-19-39(17-20-40)18-21-41/h4-15,28,40-41H,3,16-26H2,1-2H3,(H,37,43)(H,38,44). The van der Waals surface area contributed by atoms with E-state index >= 15 is 0 Å². The number of amides is 2. The zero-order valence-corrected chi connectivity index (χ0v) is 27.3. The highest BCUT2D eigenvalue weighted by molar-refractivity contribution is 5.85. The van der Waals surface area contributed by atoms with Gasteiger partial charge in [0.2, 0.25) is 0 Å². The van der Waals surface area contributed by atoms with E-state index in [2.05, 4.69) is 10.6 Å². The summed E-state index contributed by atoms with van der Waals surface area (Å²) in [6.45, 7) is 5.81. The molecule has 11 nitrogen and oxygen atoms in total. The van der Waals surface area contributed by atoms with Crippen molar-refractivity contribution in [1.82, 2.24) is 4.90 Å². The summed E-state index contributed by atoms with van der Waals surface area (Å²) in [5.41, 5.74) is 5.36. The molecule has 254 valence electrons. The lowest BCUT2D eigenvalue weighted by molar-refractivity contribution is -0.144. The molecule has 0 radical (unpaired) electrons. The molecular formula is C36H47N3O8. The second-order valence-electron chi connectivity index (χ2n) is 11.3. The van der Waals surface area contributed by atoms with E-state index in [0.29, 0.717) is 43.9 Å².